The number of fused-ring (bicyclic) bond motifs is 2. The molecule has 3 heteroatoms. The highest BCUT2D eigenvalue weighted by Gasteiger charge is 2.32. The summed E-state index contributed by atoms with van der Waals surface area (Å²) in [5, 5.41) is 4.51. The lowest BCUT2D eigenvalue weighted by Crippen LogP contribution is -2.60. The summed E-state index contributed by atoms with van der Waals surface area (Å²) in [5.74, 6) is 0. The molecule has 0 aliphatic carbocycles. The molecule has 1 fully saturated rings. The van der Waals surface area contributed by atoms with Crippen LogP contribution in [0, 0.1) is 0 Å². The quantitative estimate of drug-likeness (QED) is 0.774. The Morgan fingerprint density at radius 1 is 1.42 bits per heavy atom. The summed E-state index contributed by atoms with van der Waals surface area (Å²) in [6.07, 6.45) is 9.38. The molecule has 1 saturated heterocycles. The van der Waals surface area contributed by atoms with Crippen LogP contribution < -0.4 is 0 Å². The van der Waals surface area contributed by atoms with Crippen LogP contribution in [0.5, 0.6) is 0 Å². The second kappa shape index (κ2) is 5.02. The zero-order valence-electron chi connectivity index (χ0n) is 11.1. The molecule has 1 aromatic rings. The number of likely N-dealkylation sites (N-methyl/N-ethyl adjacent to an activating group) is 1. The van der Waals surface area contributed by atoms with Crippen molar-refractivity contribution in [3.05, 3.63) is 59.3 Å². The number of carbonyl (C=O) groups excluding carboxylic acids is 1. The van der Waals surface area contributed by atoms with Gasteiger partial charge in [-0.25, -0.2) is 5.01 Å². The summed E-state index contributed by atoms with van der Waals surface area (Å²) in [5.41, 5.74) is 3.39. The third kappa shape index (κ3) is 2.47. The molecule has 1 unspecified atom stereocenters. The molecule has 0 spiro atoms. The molecule has 0 N–H and O–H groups in total. The first kappa shape index (κ1) is 12.2. The Balaban J connectivity index is 1.76. The van der Waals surface area contributed by atoms with Crippen LogP contribution in [0.4, 0.5) is 0 Å². The van der Waals surface area contributed by atoms with E-state index in [0.717, 1.165) is 31.2 Å². The number of benzene rings is 1. The molecular formula is C16H18N2O. The molecular weight excluding hydrogens is 236 g/mol. The number of allylic oxidation sites excluding steroid dienone is 2. The first-order chi connectivity index (χ1) is 9.26. The van der Waals surface area contributed by atoms with Crippen LogP contribution >= 0.6 is 0 Å². The normalized spacial score (nSPS) is 26.7. The van der Waals surface area contributed by atoms with Gasteiger partial charge in [-0.3, -0.25) is 4.79 Å². The molecule has 0 amide bonds. The van der Waals surface area contributed by atoms with E-state index in [1.807, 2.05) is 18.2 Å². The Bertz CT molecular complexity index is 547. The van der Waals surface area contributed by atoms with E-state index in [1.165, 1.54) is 11.1 Å². The van der Waals surface area contributed by atoms with Crippen molar-refractivity contribution >= 4 is 6.29 Å². The largest absolute Gasteiger partial charge is 0.311 e. The smallest absolute Gasteiger partial charge is 0.150 e. The van der Waals surface area contributed by atoms with Gasteiger partial charge in [0, 0.05) is 18.8 Å². The number of hydrogen-bond acceptors (Lipinski definition) is 3. The summed E-state index contributed by atoms with van der Waals surface area (Å²) >= 11 is 0. The minimum absolute atomic E-state index is 0.616. The van der Waals surface area contributed by atoms with Gasteiger partial charge in [0.15, 0.2) is 0 Å². The molecule has 4 rings (SSSR count). The summed E-state index contributed by atoms with van der Waals surface area (Å²) in [6.45, 7) is 1.11. The number of aldehydes is 1. The van der Waals surface area contributed by atoms with Gasteiger partial charge in [0.2, 0.25) is 0 Å². The third-order valence-corrected chi connectivity index (χ3v) is 3.94. The second-order valence-corrected chi connectivity index (χ2v) is 5.26. The van der Waals surface area contributed by atoms with Gasteiger partial charge in [0.25, 0.3) is 0 Å². The number of nitrogens with zero attached hydrogens (tertiary/aromatic N) is 2. The summed E-state index contributed by atoms with van der Waals surface area (Å²) in [4.78, 5) is 10.8. The lowest BCUT2D eigenvalue weighted by atomic mass is 9.94. The van der Waals surface area contributed by atoms with Crippen LogP contribution in [0.25, 0.3) is 0 Å². The fourth-order valence-electron chi connectivity index (χ4n) is 2.76. The van der Waals surface area contributed by atoms with Gasteiger partial charge in [-0.05, 0) is 30.5 Å². The Morgan fingerprint density at radius 3 is 3.11 bits per heavy atom. The lowest BCUT2D eigenvalue weighted by molar-refractivity contribution is -0.103. The van der Waals surface area contributed by atoms with Crippen molar-refractivity contribution in [1.82, 2.24) is 10.0 Å². The summed E-state index contributed by atoms with van der Waals surface area (Å²) < 4.78 is 0. The van der Waals surface area contributed by atoms with Crippen LogP contribution in [0.3, 0.4) is 0 Å². The molecule has 3 aliphatic heterocycles. The van der Waals surface area contributed by atoms with Crippen LogP contribution in [-0.4, -0.2) is 35.9 Å². The maximum Gasteiger partial charge on any atom is 0.150 e. The predicted molar refractivity (Wildman–Crippen MR) is 75.6 cm³/mol. The minimum Gasteiger partial charge on any atom is -0.311 e. The maximum absolute atomic E-state index is 10.8. The first-order valence-electron chi connectivity index (χ1n) is 6.66. The molecule has 0 saturated carbocycles. The van der Waals surface area contributed by atoms with Crippen molar-refractivity contribution in [2.75, 3.05) is 13.6 Å². The van der Waals surface area contributed by atoms with Crippen molar-refractivity contribution in [3.8, 4) is 0 Å². The van der Waals surface area contributed by atoms with E-state index in [0.29, 0.717) is 6.04 Å². The van der Waals surface area contributed by atoms with Gasteiger partial charge in [-0.15, -0.1) is 0 Å². The molecule has 0 aromatic heterocycles. The number of hydrazine groups is 1. The van der Waals surface area contributed by atoms with E-state index in [2.05, 4.69) is 41.5 Å². The molecule has 3 nitrogen and oxygen atoms in total. The molecule has 19 heavy (non-hydrogen) atoms. The Hall–Kier alpha value is -1.87. The van der Waals surface area contributed by atoms with E-state index in [-0.39, 0.29) is 0 Å². The average Bonchev–Trinajstić information content (AvgIpc) is 2.41. The van der Waals surface area contributed by atoms with Gasteiger partial charge in [-0.2, -0.15) is 0 Å². The van der Waals surface area contributed by atoms with E-state index in [1.54, 1.807) is 0 Å². The fraction of sp³-hybridized carbons (Fsp3) is 0.312. The minimum atomic E-state index is 0.616. The van der Waals surface area contributed by atoms with E-state index in [9.17, 15) is 4.79 Å². The van der Waals surface area contributed by atoms with Gasteiger partial charge in [0.05, 0.1) is 12.6 Å². The van der Waals surface area contributed by atoms with Crippen molar-refractivity contribution in [1.29, 1.82) is 0 Å². The molecule has 0 radical (unpaired) electrons. The number of carbonyl (C=O) groups is 1. The molecule has 3 heterocycles. The Labute approximate surface area is 113 Å². The SMILES string of the molecule is CN1C2C/C(Cc3cccc(C=O)c3)=C\C=C/N1C2. The van der Waals surface area contributed by atoms with Crippen molar-refractivity contribution in [2.45, 2.75) is 18.9 Å². The van der Waals surface area contributed by atoms with Gasteiger partial charge in [-0.1, -0.05) is 29.8 Å². The molecule has 3 aliphatic rings. The number of rotatable bonds is 3. The second-order valence-electron chi connectivity index (χ2n) is 5.26. The van der Waals surface area contributed by atoms with Crippen molar-refractivity contribution < 1.29 is 4.79 Å². The average molecular weight is 254 g/mol. The molecule has 1 aromatic carbocycles. The van der Waals surface area contributed by atoms with Crippen LogP contribution in [0.2, 0.25) is 0 Å². The monoisotopic (exact) mass is 254 g/mol. The van der Waals surface area contributed by atoms with Crippen LogP contribution in [0.15, 0.2) is 48.2 Å². The number of hydrogen-bond donors (Lipinski definition) is 0. The van der Waals surface area contributed by atoms with Gasteiger partial charge >= 0.3 is 0 Å². The highest BCUT2D eigenvalue weighted by atomic mass is 16.1. The highest BCUT2D eigenvalue weighted by molar-refractivity contribution is 5.74. The zero-order chi connectivity index (χ0) is 13.2. The molecule has 1 atom stereocenters. The van der Waals surface area contributed by atoms with Crippen LogP contribution in [0.1, 0.15) is 22.3 Å². The van der Waals surface area contributed by atoms with Crippen molar-refractivity contribution in [3.63, 3.8) is 0 Å². The topological polar surface area (TPSA) is 23.6 Å². The van der Waals surface area contributed by atoms with Crippen LogP contribution in [-0.2, 0) is 6.42 Å². The maximum atomic E-state index is 10.8. The Morgan fingerprint density at radius 2 is 2.32 bits per heavy atom. The van der Waals surface area contributed by atoms with Crippen molar-refractivity contribution in [2.24, 2.45) is 0 Å². The first-order valence-corrected chi connectivity index (χ1v) is 6.66. The predicted octanol–water partition coefficient (Wildman–Crippen LogP) is 2.42. The zero-order valence-corrected chi connectivity index (χ0v) is 11.1. The summed E-state index contributed by atoms with van der Waals surface area (Å²) in [7, 11) is 2.13. The fourth-order valence-corrected chi connectivity index (χ4v) is 2.76. The molecule has 2 bridgehead atoms. The van der Waals surface area contributed by atoms with Gasteiger partial charge < -0.3 is 5.01 Å². The standard InChI is InChI=1S/C16H18N2O/c1-17-16-10-14(6-3-7-18(17)11-16)8-13-4-2-5-15(9-13)12-19/h2-7,9,12,16H,8,10-11H2,1H3/b7-3-,14-6-. The van der Waals surface area contributed by atoms with Gasteiger partial charge in [0.1, 0.15) is 6.29 Å². The van der Waals surface area contributed by atoms with E-state index < -0.39 is 0 Å². The lowest BCUT2D eigenvalue weighted by Gasteiger charge is -2.49. The molecule has 98 valence electrons. The van der Waals surface area contributed by atoms with E-state index >= 15 is 0 Å². The highest BCUT2D eigenvalue weighted by Crippen LogP contribution is 2.26. The summed E-state index contributed by atoms with van der Waals surface area (Å²) in [6, 6.07) is 8.49. The Kier molecular flexibility index (Phi) is 3.22. The third-order valence-electron chi connectivity index (χ3n) is 3.94. The van der Waals surface area contributed by atoms with E-state index in [4.69, 9.17) is 0 Å².